The Bertz CT molecular complexity index is 202. The van der Waals surface area contributed by atoms with Crippen LogP contribution in [0.1, 0.15) is 13.3 Å². The average molecular weight is 188 g/mol. The van der Waals surface area contributed by atoms with Crippen molar-refractivity contribution in [2.45, 2.75) is 18.6 Å². The molecule has 68 valence electrons. The third kappa shape index (κ3) is 1.87. The van der Waals surface area contributed by atoms with E-state index < -0.39 is 5.92 Å². The first-order valence-corrected chi connectivity index (χ1v) is 4.78. The minimum absolute atomic E-state index is 0.00421. The Morgan fingerprint density at radius 3 is 2.58 bits per heavy atom. The number of ketones is 1. The van der Waals surface area contributed by atoms with Crippen molar-refractivity contribution in [1.82, 2.24) is 0 Å². The van der Waals surface area contributed by atoms with Gasteiger partial charge >= 0.3 is 0 Å². The zero-order chi connectivity index (χ0) is 9.14. The first kappa shape index (κ1) is 9.74. The third-order valence-electron chi connectivity index (χ3n) is 1.93. The van der Waals surface area contributed by atoms with Crippen molar-refractivity contribution in [3.05, 3.63) is 0 Å². The van der Waals surface area contributed by atoms with Gasteiger partial charge in [0.05, 0.1) is 11.2 Å². The molecule has 0 bridgehead atoms. The smallest absolute Gasteiger partial charge is 0.200 e. The van der Waals surface area contributed by atoms with Crippen LogP contribution in [0.25, 0.3) is 0 Å². The summed E-state index contributed by atoms with van der Waals surface area (Å²) in [5, 5.41) is -0.149. The summed E-state index contributed by atoms with van der Waals surface area (Å²) in [5.74, 6) is -0.355. The summed E-state index contributed by atoms with van der Waals surface area (Å²) in [4.78, 5) is 22.5. The number of hydrogen-bond donors (Lipinski definition) is 0. The molecule has 2 atom stereocenters. The summed E-state index contributed by atoms with van der Waals surface area (Å²) in [7, 11) is 1.57. The first-order valence-electron chi connectivity index (χ1n) is 3.90. The third-order valence-corrected chi connectivity index (χ3v) is 3.03. The van der Waals surface area contributed by atoms with Crippen LogP contribution in [0.2, 0.25) is 0 Å². The normalized spacial score (nSPS) is 29.8. The van der Waals surface area contributed by atoms with E-state index in [4.69, 9.17) is 4.74 Å². The predicted octanol–water partition coefficient (Wildman–Crippen LogP) is 0.870. The minimum atomic E-state index is -0.412. The molecule has 12 heavy (non-hydrogen) atoms. The van der Waals surface area contributed by atoms with E-state index in [1.807, 2.05) is 0 Å². The number of ether oxygens (including phenoxy) is 1. The van der Waals surface area contributed by atoms with Gasteiger partial charge in [-0.1, -0.05) is 11.8 Å². The monoisotopic (exact) mass is 188 g/mol. The van der Waals surface area contributed by atoms with Crippen LogP contribution in [0.4, 0.5) is 0 Å². The number of thioether (sulfide) groups is 1. The molecule has 0 amide bonds. The highest BCUT2D eigenvalue weighted by Crippen LogP contribution is 2.31. The molecule has 1 aliphatic heterocycles. The van der Waals surface area contributed by atoms with Gasteiger partial charge in [-0.3, -0.25) is 9.59 Å². The summed E-state index contributed by atoms with van der Waals surface area (Å²) in [6.45, 7) is 2.26. The van der Waals surface area contributed by atoms with Gasteiger partial charge in [-0.25, -0.2) is 0 Å². The van der Waals surface area contributed by atoms with E-state index in [1.165, 1.54) is 0 Å². The van der Waals surface area contributed by atoms with Gasteiger partial charge in [0.15, 0.2) is 10.9 Å². The Labute approximate surface area is 75.8 Å². The maximum atomic E-state index is 11.3. The zero-order valence-electron chi connectivity index (χ0n) is 7.20. The van der Waals surface area contributed by atoms with Crippen LogP contribution >= 0.6 is 11.8 Å². The topological polar surface area (TPSA) is 43.4 Å². The zero-order valence-corrected chi connectivity index (χ0v) is 8.02. The standard InChI is InChI=1S/C8H12O3S/c1-5-7(9)6(3-4-11-2)8(10)12-5/h5-6H,3-4H2,1-2H3. The SMILES string of the molecule is COCCC1C(=O)SC(C)C1=O. The molecule has 1 saturated heterocycles. The molecule has 0 aromatic heterocycles. The Morgan fingerprint density at radius 2 is 2.17 bits per heavy atom. The van der Waals surface area contributed by atoms with Crippen LogP contribution < -0.4 is 0 Å². The Hall–Kier alpha value is -0.350. The molecule has 0 N–H and O–H groups in total. The molecular formula is C8H12O3S. The van der Waals surface area contributed by atoms with E-state index >= 15 is 0 Å². The Kier molecular flexibility index (Phi) is 3.29. The summed E-state index contributed by atoms with van der Waals surface area (Å²) in [6.07, 6.45) is 0.533. The first-order chi connectivity index (χ1) is 5.66. The van der Waals surface area contributed by atoms with Crippen molar-refractivity contribution in [2.75, 3.05) is 13.7 Å². The van der Waals surface area contributed by atoms with E-state index in [2.05, 4.69) is 0 Å². The van der Waals surface area contributed by atoms with E-state index in [0.717, 1.165) is 11.8 Å². The average Bonchev–Trinajstić information content (AvgIpc) is 2.25. The molecule has 4 heteroatoms. The van der Waals surface area contributed by atoms with Gasteiger partial charge in [0.1, 0.15) is 0 Å². The van der Waals surface area contributed by atoms with Gasteiger partial charge in [-0.2, -0.15) is 0 Å². The molecule has 0 saturated carbocycles. The molecule has 0 aromatic rings. The predicted molar refractivity (Wildman–Crippen MR) is 47.1 cm³/mol. The van der Waals surface area contributed by atoms with Crippen LogP contribution in [-0.2, 0) is 14.3 Å². The van der Waals surface area contributed by atoms with Gasteiger partial charge < -0.3 is 4.74 Å². The largest absolute Gasteiger partial charge is 0.385 e. The van der Waals surface area contributed by atoms with Gasteiger partial charge in [0, 0.05) is 13.7 Å². The van der Waals surface area contributed by atoms with Crippen LogP contribution in [0.5, 0.6) is 0 Å². The second-order valence-corrected chi connectivity index (χ2v) is 4.16. The quantitative estimate of drug-likeness (QED) is 0.616. The van der Waals surface area contributed by atoms with Gasteiger partial charge in [-0.05, 0) is 13.3 Å². The van der Waals surface area contributed by atoms with Crippen LogP contribution in [-0.4, -0.2) is 29.9 Å². The number of carbonyl (C=O) groups is 2. The summed E-state index contributed by atoms with van der Waals surface area (Å²) in [5.41, 5.74) is 0. The molecule has 1 aliphatic rings. The fraction of sp³-hybridized carbons (Fsp3) is 0.750. The van der Waals surface area contributed by atoms with E-state index in [0.29, 0.717) is 13.0 Å². The molecule has 1 fully saturated rings. The molecule has 0 aliphatic carbocycles. The molecule has 0 aromatic carbocycles. The lowest BCUT2D eigenvalue weighted by atomic mass is 10.0. The van der Waals surface area contributed by atoms with Crippen LogP contribution in [0, 0.1) is 5.92 Å². The molecule has 3 nitrogen and oxygen atoms in total. The Balaban J connectivity index is 2.52. The highest BCUT2D eigenvalue weighted by molar-refractivity contribution is 8.15. The van der Waals surface area contributed by atoms with Crippen molar-refractivity contribution in [3.8, 4) is 0 Å². The maximum absolute atomic E-state index is 11.3. The van der Waals surface area contributed by atoms with Crippen molar-refractivity contribution >= 4 is 22.7 Å². The summed E-state index contributed by atoms with van der Waals surface area (Å²) >= 11 is 1.14. The van der Waals surface area contributed by atoms with Crippen molar-refractivity contribution in [3.63, 3.8) is 0 Å². The van der Waals surface area contributed by atoms with Gasteiger partial charge in [0.25, 0.3) is 0 Å². The lowest BCUT2D eigenvalue weighted by molar-refractivity contribution is -0.127. The molecule has 0 radical (unpaired) electrons. The number of Topliss-reactive ketones (excluding diaryl/α,β-unsaturated/α-hetero) is 1. The van der Waals surface area contributed by atoms with E-state index in [9.17, 15) is 9.59 Å². The molecule has 2 unspecified atom stereocenters. The Morgan fingerprint density at radius 1 is 1.50 bits per heavy atom. The number of hydrogen-bond acceptors (Lipinski definition) is 4. The van der Waals surface area contributed by atoms with Crippen molar-refractivity contribution in [2.24, 2.45) is 5.92 Å². The lowest BCUT2D eigenvalue weighted by Crippen LogP contribution is -2.19. The maximum Gasteiger partial charge on any atom is 0.200 e. The van der Waals surface area contributed by atoms with Crippen molar-refractivity contribution < 1.29 is 14.3 Å². The summed E-state index contributed by atoms with van der Waals surface area (Å²) < 4.78 is 4.82. The number of methoxy groups -OCH3 is 1. The van der Waals surface area contributed by atoms with Gasteiger partial charge in [0.2, 0.25) is 0 Å². The fourth-order valence-corrected chi connectivity index (χ4v) is 2.24. The molecule has 1 rings (SSSR count). The molecular weight excluding hydrogens is 176 g/mol. The van der Waals surface area contributed by atoms with Crippen molar-refractivity contribution in [1.29, 1.82) is 0 Å². The van der Waals surface area contributed by atoms with Gasteiger partial charge in [-0.15, -0.1) is 0 Å². The second-order valence-electron chi connectivity index (χ2n) is 2.82. The molecule has 1 heterocycles. The van der Waals surface area contributed by atoms with E-state index in [-0.39, 0.29) is 16.1 Å². The van der Waals surface area contributed by atoms with Crippen LogP contribution in [0.3, 0.4) is 0 Å². The van der Waals surface area contributed by atoms with E-state index in [1.54, 1.807) is 14.0 Å². The number of carbonyl (C=O) groups excluding carboxylic acids is 2. The fourth-order valence-electron chi connectivity index (χ4n) is 1.21. The number of rotatable bonds is 3. The highest BCUT2D eigenvalue weighted by Gasteiger charge is 2.38. The highest BCUT2D eigenvalue weighted by atomic mass is 32.2. The van der Waals surface area contributed by atoms with Crippen LogP contribution in [0.15, 0.2) is 0 Å². The molecule has 0 spiro atoms. The second kappa shape index (κ2) is 4.05. The lowest BCUT2D eigenvalue weighted by Gasteiger charge is -2.03. The summed E-state index contributed by atoms with van der Waals surface area (Å²) in [6, 6.07) is 0. The minimum Gasteiger partial charge on any atom is -0.385 e.